The van der Waals surface area contributed by atoms with Gasteiger partial charge in [-0.1, -0.05) is 25.2 Å². The lowest BCUT2D eigenvalue weighted by Crippen LogP contribution is -2.42. The molecule has 1 fully saturated rings. The Morgan fingerprint density at radius 3 is 2.47 bits per heavy atom. The molecule has 5 nitrogen and oxygen atoms in total. The highest BCUT2D eigenvalue weighted by Gasteiger charge is 2.29. The molecule has 7 heteroatoms. The van der Waals surface area contributed by atoms with Crippen LogP contribution in [0.2, 0.25) is 25.2 Å². The average Bonchev–Trinajstić information content (AvgIpc) is 3.19. The smallest absolute Gasteiger partial charge is 0.258 e. The van der Waals surface area contributed by atoms with E-state index in [0.717, 1.165) is 30.0 Å². The first-order chi connectivity index (χ1) is 17.3. The number of hydrogen-bond donors (Lipinski definition) is 2. The van der Waals surface area contributed by atoms with Gasteiger partial charge in [-0.25, -0.2) is 4.39 Å². The fraction of sp³-hybridized carbons (Fsp3) is 0.276. The molecule has 36 heavy (non-hydrogen) atoms. The second kappa shape index (κ2) is 9.46. The van der Waals surface area contributed by atoms with Crippen LogP contribution in [0.1, 0.15) is 12.5 Å². The van der Waals surface area contributed by atoms with Gasteiger partial charge in [0.25, 0.3) is 5.91 Å². The molecule has 3 aromatic rings. The molecule has 1 saturated heterocycles. The number of nitrogens with zero attached hydrogens (tertiary/aromatic N) is 1. The Kier molecular flexibility index (Phi) is 6.34. The van der Waals surface area contributed by atoms with Crippen molar-refractivity contribution >= 4 is 36.6 Å². The first-order valence-corrected chi connectivity index (χ1v) is 15.8. The molecule has 2 aliphatic heterocycles. The third kappa shape index (κ3) is 4.63. The summed E-state index contributed by atoms with van der Waals surface area (Å²) in [6, 6.07) is 21.3. The number of nitrogens with one attached hydrogen (secondary N) is 2. The van der Waals surface area contributed by atoms with Crippen molar-refractivity contribution < 1.29 is 13.9 Å². The standard InChI is InChI=1S/C29H32FN3O2Si/c1-19(31-21-9-11-22(12-10-21)33-14-16-36(3,4)17-15-33)27-23-18-20(8-13-25(23)32-29(27)34)28-24(30)6-5-7-26(28)35-2/h5-13,18,31H,14-17H2,1-4H3,(H,32,34)/b27-19-. The molecule has 0 aromatic heterocycles. The monoisotopic (exact) mass is 501 g/mol. The second-order valence-corrected chi connectivity index (χ2v) is 15.7. The molecule has 186 valence electrons. The predicted octanol–water partition coefficient (Wildman–Crippen LogP) is 6.82. The van der Waals surface area contributed by atoms with Gasteiger partial charge in [0.05, 0.1) is 26.3 Å². The summed E-state index contributed by atoms with van der Waals surface area (Å²) >= 11 is 0. The number of halogens is 1. The maximum atomic E-state index is 14.7. The van der Waals surface area contributed by atoms with Gasteiger partial charge in [0, 0.05) is 41.4 Å². The lowest BCUT2D eigenvalue weighted by molar-refractivity contribution is -0.110. The predicted molar refractivity (Wildman–Crippen MR) is 149 cm³/mol. The molecule has 0 aliphatic carbocycles. The Morgan fingerprint density at radius 1 is 1.06 bits per heavy atom. The van der Waals surface area contributed by atoms with E-state index in [9.17, 15) is 9.18 Å². The molecule has 5 rings (SSSR count). The van der Waals surface area contributed by atoms with Gasteiger partial charge >= 0.3 is 0 Å². The highest BCUT2D eigenvalue weighted by Crippen LogP contribution is 2.40. The van der Waals surface area contributed by atoms with Gasteiger partial charge in [-0.2, -0.15) is 0 Å². The number of allylic oxidation sites excluding steroid dienone is 1. The van der Waals surface area contributed by atoms with Crippen molar-refractivity contribution in [3.63, 3.8) is 0 Å². The molecule has 0 radical (unpaired) electrons. The van der Waals surface area contributed by atoms with Crippen LogP contribution in [0.15, 0.2) is 66.4 Å². The number of amides is 1. The van der Waals surface area contributed by atoms with Crippen LogP contribution in [0.3, 0.4) is 0 Å². The minimum absolute atomic E-state index is 0.177. The molecule has 0 unspecified atom stereocenters. The van der Waals surface area contributed by atoms with Crippen LogP contribution in [-0.4, -0.2) is 34.2 Å². The van der Waals surface area contributed by atoms with Crippen LogP contribution in [0.5, 0.6) is 5.75 Å². The molecule has 3 aromatic carbocycles. The minimum Gasteiger partial charge on any atom is -0.496 e. The Morgan fingerprint density at radius 2 is 1.78 bits per heavy atom. The third-order valence-electron chi connectivity index (χ3n) is 7.30. The molecule has 0 bridgehead atoms. The van der Waals surface area contributed by atoms with E-state index in [0.29, 0.717) is 28.1 Å². The SMILES string of the molecule is COc1cccc(F)c1-c1ccc2c(c1)/C(=C(\C)Nc1ccc(N3CC[Si](C)(C)CC3)cc1)C(=O)N2. The quantitative estimate of drug-likeness (QED) is 0.297. The Bertz CT molecular complexity index is 1340. The zero-order valence-corrected chi connectivity index (χ0v) is 22.2. The highest BCUT2D eigenvalue weighted by molar-refractivity contribution is 6.77. The summed E-state index contributed by atoms with van der Waals surface area (Å²) in [5, 5.41) is 6.33. The number of ether oxygens (including phenoxy) is 1. The van der Waals surface area contributed by atoms with Crippen molar-refractivity contribution in [1.82, 2.24) is 0 Å². The number of carbonyl (C=O) groups excluding carboxylic acids is 1. The van der Waals surface area contributed by atoms with Crippen LogP contribution >= 0.6 is 0 Å². The van der Waals surface area contributed by atoms with Gasteiger partial charge in [-0.05, 0) is 73.1 Å². The summed E-state index contributed by atoms with van der Waals surface area (Å²) in [6.45, 7) is 9.09. The zero-order valence-electron chi connectivity index (χ0n) is 21.2. The molecular formula is C29H32FN3O2Si. The summed E-state index contributed by atoms with van der Waals surface area (Å²) in [5.41, 5.74) is 5.93. The van der Waals surface area contributed by atoms with Crippen molar-refractivity contribution in [2.24, 2.45) is 0 Å². The molecule has 0 spiro atoms. The first-order valence-electron chi connectivity index (χ1n) is 12.4. The van der Waals surface area contributed by atoms with Gasteiger partial charge in [-0.3, -0.25) is 4.79 Å². The number of benzene rings is 3. The fourth-order valence-corrected chi connectivity index (χ4v) is 7.05. The summed E-state index contributed by atoms with van der Waals surface area (Å²) in [7, 11) is 0.514. The molecular weight excluding hydrogens is 469 g/mol. The van der Waals surface area contributed by atoms with Gasteiger partial charge in [-0.15, -0.1) is 0 Å². The molecule has 2 heterocycles. The molecule has 2 N–H and O–H groups in total. The zero-order chi connectivity index (χ0) is 25.4. The number of anilines is 3. The number of methoxy groups -OCH3 is 1. The summed E-state index contributed by atoms with van der Waals surface area (Å²) in [4.78, 5) is 15.4. The van der Waals surface area contributed by atoms with E-state index in [-0.39, 0.29) is 11.7 Å². The lowest BCUT2D eigenvalue weighted by Gasteiger charge is -2.37. The molecule has 0 saturated carbocycles. The van der Waals surface area contributed by atoms with E-state index in [1.165, 1.54) is 31.0 Å². The summed E-state index contributed by atoms with van der Waals surface area (Å²) in [6.07, 6.45) is 0. The summed E-state index contributed by atoms with van der Waals surface area (Å²) < 4.78 is 20.1. The Labute approximate surface area is 213 Å². The second-order valence-electron chi connectivity index (χ2n) is 10.4. The third-order valence-corrected chi connectivity index (χ3v) is 10.5. The highest BCUT2D eigenvalue weighted by atomic mass is 28.3. The fourth-order valence-electron chi connectivity index (χ4n) is 5.05. The van der Waals surface area contributed by atoms with Crippen LogP contribution in [0, 0.1) is 5.82 Å². The minimum atomic E-state index is -1.01. The van der Waals surface area contributed by atoms with E-state index >= 15 is 0 Å². The first kappa shape index (κ1) is 24.1. The Hall–Kier alpha value is -3.58. The molecule has 2 aliphatic rings. The van der Waals surface area contributed by atoms with Gasteiger partial charge in [0.15, 0.2) is 0 Å². The van der Waals surface area contributed by atoms with Crippen LogP contribution in [0.4, 0.5) is 21.5 Å². The molecule has 0 atom stereocenters. The maximum absolute atomic E-state index is 14.7. The van der Waals surface area contributed by atoms with Crippen molar-refractivity contribution in [3.8, 4) is 16.9 Å². The van der Waals surface area contributed by atoms with E-state index in [4.69, 9.17) is 4.74 Å². The van der Waals surface area contributed by atoms with E-state index in [1.54, 1.807) is 18.2 Å². The van der Waals surface area contributed by atoms with E-state index < -0.39 is 8.07 Å². The lowest BCUT2D eigenvalue weighted by atomic mass is 9.97. The van der Waals surface area contributed by atoms with Crippen LogP contribution in [0.25, 0.3) is 16.7 Å². The van der Waals surface area contributed by atoms with Crippen molar-refractivity contribution in [2.45, 2.75) is 32.1 Å². The van der Waals surface area contributed by atoms with Crippen molar-refractivity contribution in [3.05, 3.63) is 77.7 Å². The van der Waals surface area contributed by atoms with Gasteiger partial charge < -0.3 is 20.3 Å². The largest absolute Gasteiger partial charge is 0.496 e. The number of hydrogen-bond acceptors (Lipinski definition) is 4. The van der Waals surface area contributed by atoms with Crippen LogP contribution in [-0.2, 0) is 4.79 Å². The normalized spacial score (nSPS) is 17.9. The topological polar surface area (TPSA) is 53.6 Å². The van der Waals surface area contributed by atoms with Crippen molar-refractivity contribution in [1.29, 1.82) is 0 Å². The van der Waals surface area contributed by atoms with Gasteiger partial charge in [0.1, 0.15) is 11.6 Å². The Balaban J connectivity index is 1.41. The number of fused-ring (bicyclic) bond motifs is 1. The molecule has 1 amide bonds. The number of rotatable bonds is 5. The van der Waals surface area contributed by atoms with E-state index in [1.807, 2.05) is 19.1 Å². The average molecular weight is 502 g/mol. The van der Waals surface area contributed by atoms with Crippen LogP contribution < -0.4 is 20.3 Å². The van der Waals surface area contributed by atoms with Gasteiger partial charge in [0.2, 0.25) is 0 Å². The van der Waals surface area contributed by atoms with E-state index in [2.05, 4.69) is 52.9 Å². The number of carbonyl (C=O) groups is 1. The maximum Gasteiger partial charge on any atom is 0.258 e. The summed E-state index contributed by atoms with van der Waals surface area (Å²) in [5.74, 6) is -0.0941. The van der Waals surface area contributed by atoms with Crippen molar-refractivity contribution in [2.75, 3.05) is 35.7 Å².